The highest BCUT2D eigenvalue weighted by Gasteiger charge is 2.39. The Bertz CT molecular complexity index is 439. The summed E-state index contributed by atoms with van der Waals surface area (Å²) in [6.07, 6.45) is 4.19. The molecule has 2 heterocycles. The molecule has 106 valence electrons. The third-order valence-electron chi connectivity index (χ3n) is 3.19. The molecule has 0 aliphatic carbocycles. The van der Waals surface area contributed by atoms with Gasteiger partial charge in [-0.15, -0.1) is 0 Å². The van der Waals surface area contributed by atoms with E-state index in [0.29, 0.717) is 24.6 Å². The van der Waals surface area contributed by atoms with Crippen LogP contribution in [0.3, 0.4) is 0 Å². The number of carbonyl (C=O) groups excluding carboxylic acids is 1. The molecule has 1 aliphatic heterocycles. The van der Waals surface area contributed by atoms with E-state index in [2.05, 4.69) is 24.1 Å². The third kappa shape index (κ3) is 3.51. The number of nitrogens with one attached hydrogen (secondary N) is 1. The highest BCUT2D eigenvalue weighted by Crippen LogP contribution is 2.27. The summed E-state index contributed by atoms with van der Waals surface area (Å²) in [7, 11) is 0. The van der Waals surface area contributed by atoms with Gasteiger partial charge in [-0.3, -0.25) is 4.79 Å². The van der Waals surface area contributed by atoms with Gasteiger partial charge in [-0.2, -0.15) is 11.8 Å². The van der Waals surface area contributed by atoms with Crippen molar-refractivity contribution >= 4 is 17.7 Å². The zero-order valence-corrected chi connectivity index (χ0v) is 12.2. The lowest BCUT2D eigenvalue weighted by Gasteiger charge is -2.20. The average molecular weight is 283 g/mol. The van der Waals surface area contributed by atoms with Crippen LogP contribution < -0.4 is 5.32 Å². The Labute approximate surface area is 117 Å². The molecule has 1 aromatic rings. The van der Waals surface area contributed by atoms with Gasteiger partial charge in [-0.25, -0.2) is 4.98 Å². The van der Waals surface area contributed by atoms with Crippen molar-refractivity contribution in [2.45, 2.75) is 39.0 Å². The molecular formula is C13H21N3O2S. The Kier molecular flexibility index (Phi) is 4.52. The molecule has 1 atom stereocenters. The Hall–Kier alpha value is -1.01. The van der Waals surface area contributed by atoms with E-state index in [-0.39, 0.29) is 5.91 Å². The quantitative estimate of drug-likeness (QED) is 0.847. The summed E-state index contributed by atoms with van der Waals surface area (Å²) >= 11 is 1.61. The maximum Gasteiger partial charge on any atom is 0.253 e. The molecule has 0 aromatic carbocycles. The fourth-order valence-corrected chi connectivity index (χ4v) is 3.36. The average Bonchev–Trinajstić information content (AvgIpc) is 2.96. The van der Waals surface area contributed by atoms with E-state index >= 15 is 0 Å². The molecule has 0 spiro atoms. The number of amides is 1. The van der Waals surface area contributed by atoms with E-state index in [4.69, 9.17) is 0 Å². The second kappa shape index (κ2) is 5.96. The van der Waals surface area contributed by atoms with Crippen LogP contribution in [0.1, 0.15) is 26.1 Å². The monoisotopic (exact) mass is 283 g/mol. The van der Waals surface area contributed by atoms with Crippen LogP contribution in [0.2, 0.25) is 0 Å². The van der Waals surface area contributed by atoms with E-state index < -0.39 is 5.60 Å². The van der Waals surface area contributed by atoms with Gasteiger partial charge in [0.15, 0.2) is 5.60 Å². The van der Waals surface area contributed by atoms with Crippen LogP contribution in [0.15, 0.2) is 12.4 Å². The number of carbonyl (C=O) groups is 1. The molecule has 1 aromatic heterocycles. The Morgan fingerprint density at radius 3 is 3.11 bits per heavy atom. The summed E-state index contributed by atoms with van der Waals surface area (Å²) < 4.78 is 2.04. The summed E-state index contributed by atoms with van der Waals surface area (Å²) in [4.78, 5) is 16.2. The lowest BCUT2D eigenvalue weighted by atomic mass is 10.0. The second-order valence-corrected chi connectivity index (χ2v) is 6.51. The minimum absolute atomic E-state index is 0.281. The topological polar surface area (TPSA) is 67.2 Å². The van der Waals surface area contributed by atoms with Gasteiger partial charge >= 0.3 is 0 Å². The molecule has 2 rings (SSSR count). The van der Waals surface area contributed by atoms with Crippen molar-refractivity contribution in [1.82, 2.24) is 14.9 Å². The Morgan fingerprint density at radius 2 is 2.47 bits per heavy atom. The molecule has 6 heteroatoms. The molecule has 0 bridgehead atoms. The number of aromatic nitrogens is 2. The van der Waals surface area contributed by atoms with Crippen molar-refractivity contribution in [3.63, 3.8) is 0 Å². The van der Waals surface area contributed by atoms with Crippen LogP contribution in [-0.4, -0.2) is 37.7 Å². The molecule has 1 saturated heterocycles. The first kappa shape index (κ1) is 14.4. The maximum absolute atomic E-state index is 12.0. The highest BCUT2D eigenvalue weighted by atomic mass is 32.2. The van der Waals surface area contributed by atoms with Gasteiger partial charge in [0.25, 0.3) is 5.91 Å². The molecule has 1 amide bonds. The lowest BCUT2D eigenvalue weighted by molar-refractivity contribution is -0.137. The van der Waals surface area contributed by atoms with Gasteiger partial charge in [0.2, 0.25) is 0 Å². The van der Waals surface area contributed by atoms with Crippen LogP contribution in [0.4, 0.5) is 0 Å². The Balaban J connectivity index is 1.92. The van der Waals surface area contributed by atoms with Gasteiger partial charge in [0.05, 0.1) is 6.54 Å². The molecule has 1 unspecified atom stereocenters. The first-order valence-corrected chi connectivity index (χ1v) is 7.75. The number of aliphatic hydroxyl groups is 1. The summed E-state index contributed by atoms with van der Waals surface area (Å²) in [6.45, 7) is 5.53. The van der Waals surface area contributed by atoms with E-state index in [1.54, 1.807) is 18.0 Å². The van der Waals surface area contributed by atoms with Crippen LogP contribution in [0, 0.1) is 5.92 Å². The van der Waals surface area contributed by atoms with Crippen molar-refractivity contribution in [1.29, 1.82) is 0 Å². The van der Waals surface area contributed by atoms with Crippen LogP contribution in [0.5, 0.6) is 0 Å². The molecule has 2 N–H and O–H groups in total. The fourth-order valence-electron chi connectivity index (χ4n) is 2.12. The van der Waals surface area contributed by atoms with Crippen LogP contribution in [-0.2, 0) is 17.9 Å². The number of thioether (sulfide) groups is 1. The van der Waals surface area contributed by atoms with Gasteiger partial charge < -0.3 is 15.0 Å². The zero-order chi connectivity index (χ0) is 13.9. The van der Waals surface area contributed by atoms with Gasteiger partial charge in [0.1, 0.15) is 5.82 Å². The molecule has 1 fully saturated rings. The SMILES string of the molecule is CC(C)Cn1ccnc1CNC(=O)C1(O)CCSC1. The summed E-state index contributed by atoms with van der Waals surface area (Å²) in [5, 5.41) is 12.9. The van der Waals surface area contributed by atoms with Crippen molar-refractivity contribution in [3.05, 3.63) is 18.2 Å². The number of imidazole rings is 1. The molecule has 5 nitrogen and oxygen atoms in total. The third-order valence-corrected chi connectivity index (χ3v) is 4.37. The largest absolute Gasteiger partial charge is 0.379 e. The standard InChI is InChI=1S/C13H21N3O2S/c1-10(2)8-16-5-4-14-11(16)7-15-12(17)13(18)3-6-19-9-13/h4-5,10,18H,3,6-9H2,1-2H3,(H,15,17). The van der Waals surface area contributed by atoms with E-state index in [1.807, 2.05) is 10.8 Å². The summed E-state index contributed by atoms with van der Waals surface area (Å²) in [6, 6.07) is 0. The normalized spacial score (nSPS) is 22.9. The Morgan fingerprint density at radius 1 is 1.68 bits per heavy atom. The van der Waals surface area contributed by atoms with Crippen LogP contribution in [0.25, 0.3) is 0 Å². The van der Waals surface area contributed by atoms with E-state index in [1.165, 1.54) is 0 Å². The van der Waals surface area contributed by atoms with Crippen molar-refractivity contribution in [3.8, 4) is 0 Å². The minimum Gasteiger partial charge on any atom is -0.379 e. The predicted molar refractivity (Wildman–Crippen MR) is 75.8 cm³/mol. The maximum atomic E-state index is 12.0. The van der Waals surface area contributed by atoms with Crippen molar-refractivity contribution in [2.24, 2.45) is 5.92 Å². The first-order chi connectivity index (χ1) is 9.01. The van der Waals surface area contributed by atoms with Crippen molar-refractivity contribution in [2.75, 3.05) is 11.5 Å². The number of hydrogen-bond donors (Lipinski definition) is 2. The molecular weight excluding hydrogens is 262 g/mol. The smallest absolute Gasteiger partial charge is 0.253 e. The van der Waals surface area contributed by atoms with Gasteiger partial charge in [-0.05, 0) is 18.1 Å². The van der Waals surface area contributed by atoms with Crippen LogP contribution >= 0.6 is 11.8 Å². The van der Waals surface area contributed by atoms with E-state index in [9.17, 15) is 9.90 Å². The van der Waals surface area contributed by atoms with Crippen molar-refractivity contribution < 1.29 is 9.90 Å². The first-order valence-electron chi connectivity index (χ1n) is 6.60. The van der Waals surface area contributed by atoms with Gasteiger partial charge in [0, 0.05) is 24.7 Å². The predicted octanol–water partition coefficient (Wildman–Crippen LogP) is 1.02. The molecule has 0 saturated carbocycles. The molecule has 19 heavy (non-hydrogen) atoms. The lowest BCUT2D eigenvalue weighted by Crippen LogP contribution is -2.46. The number of rotatable bonds is 5. The number of hydrogen-bond acceptors (Lipinski definition) is 4. The highest BCUT2D eigenvalue weighted by molar-refractivity contribution is 7.99. The number of nitrogens with zero attached hydrogens (tertiary/aromatic N) is 2. The fraction of sp³-hybridized carbons (Fsp3) is 0.692. The molecule has 1 aliphatic rings. The zero-order valence-electron chi connectivity index (χ0n) is 11.4. The summed E-state index contributed by atoms with van der Waals surface area (Å²) in [5.41, 5.74) is -1.19. The van der Waals surface area contributed by atoms with E-state index in [0.717, 1.165) is 18.1 Å². The summed E-state index contributed by atoms with van der Waals surface area (Å²) in [5.74, 6) is 2.40. The minimum atomic E-state index is -1.19. The second-order valence-electron chi connectivity index (χ2n) is 5.41. The van der Waals surface area contributed by atoms with Gasteiger partial charge in [-0.1, -0.05) is 13.8 Å². The molecule has 0 radical (unpaired) electrons.